The second-order valence-corrected chi connectivity index (χ2v) is 6.74. The topological polar surface area (TPSA) is 90.6 Å². The molecular weight excluding hydrogens is 356 g/mol. The van der Waals surface area contributed by atoms with Gasteiger partial charge in [-0.05, 0) is 31.0 Å². The van der Waals surface area contributed by atoms with E-state index in [1.54, 1.807) is 27.7 Å². The summed E-state index contributed by atoms with van der Waals surface area (Å²) in [5.41, 5.74) is 2.65. The van der Waals surface area contributed by atoms with E-state index < -0.39 is 0 Å². The minimum Gasteiger partial charge on any atom is -0.381 e. The predicted molar refractivity (Wildman–Crippen MR) is 96.9 cm³/mol. The summed E-state index contributed by atoms with van der Waals surface area (Å²) in [5.74, 6) is 0.446. The first kappa shape index (κ1) is 15.5. The molecule has 4 aromatic rings. The summed E-state index contributed by atoms with van der Waals surface area (Å²) >= 11 is 6.12. The average Bonchev–Trinajstić information content (AvgIpc) is 3.21. The molecule has 1 aliphatic heterocycles. The third kappa shape index (κ3) is 2.41. The molecule has 132 valence electrons. The van der Waals surface area contributed by atoms with Crippen LogP contribution in [0.5, 0.6) is 0 Å². The highest BCUT2D eigenvalue weighted by Crippen LogP contribution is 2.24. The number of fused-ring (bicyclic) bond motifs is 2. The minimum atomic E-state index is -0.170. The number of imidazole rings is 2. The van der Waals surface area contributed by atoms with Crippen LogP contribution in [-0.2, 0) is 4.74 Å². The molecule has 1 N–H and O–H groups in total. The van der Waals surface area contributed by atoms with Gasteiger partial charge in [-0.2, -0.15) is 4.98 Å². The van der Waals surface area contributed by atoms with Crippen molar-refractivity contribution in [3.05, 3.63) is 46.2 Å². The molecule has 1 fully saturated rings. The summed E-state index contributed by atoms with van der Waals surface area (Å²) in [6, 6.07) is 5.53. The molecule has 0 saturated carbocycles. The Kier molecular flexibility index (Phi) is 3.54. The number of nitrogens with zero attached hydrogens (tertiary/aromatic N) is 5. The van der Waals surface area contributed by atoms with Crippen molar-refractivity contribution in [3.8, 4) is 5.95 Å². The summed E-state index contributed by atoms with van der Waals surface area (Å²) < 4.78 is 8.90. The van der Waals surface area contributed by atoms with Gasteiger partial charge in [0.2, 0.25) is 5.95 Å². The Morgan fingerprint density at radius 3 is 2.92 bits per heavy atom. The van der Waals surface area contributed by atoms with Crippen LogP contribution in [0, 0.1) is 0 Å². The van der Waals surface area contributed by atoms with Gasteiger partial charge in [0.1, 0.15) is 11.8 Å². The second-order valence-electron chi connectivity index (χ2n) is 6.30. The highest BCUT2D eigenvalue weighted by atomic mass is 35.5. The molecule has 0 amide bonds. The number of aromatic nitrogens is 6. The lowest BCUT2D eigenvalue weighted by atomic mass is 10.1. The van der Waals surface area contributed by atoms with Crippen molar-refractivity contribution in [1.29, 1.82) is 0 Å². The molecule has 8 nitrogen and oxygen atoms in total. The molecule has 0 aliphatic carbocycles. The molecule has 0 atom stereocenters. The third-order valence-corrected chi connectivity index (χ3v) is 4.96. The SMILES string of the molecule is O=c1[nH]c2cnc(-n3cnc4ccc(Cl)cc43)nc2n1C1CCOCC1. The molecule has 1 aliphatic rings. The molecular formula is C17H15ClN6O2. The number of aromatic amines is 1. The zero-order valence-corrected chi connectivity index (χ0v) is 14.5. The Labute approximate surface area is 152 Å². The van der Waals surface area contributed by atoms with E-state index >= 15 is 0 Å². The van der Waals surface area contributed by atoms with Crippen molar-refractivity contribution < 1.29 is 4.74 Å². The van der Waals surface area contributed by atoms with Gasteiger partial charge in [0.15, 0.2) is 5.65 Å². The number of hydrogen-bond donors (Lipinski definition) is 1. The van der Waals surface area contributed by atoms with Crippen LogP contribution in [0.3, 0.4) is 0 Å². The average molecular weight is 371 g/mol. The van der Waals surface area contributed by atoms with Crippen LogP contribution in [0.25, 0.3) is 28.1 Å². The smallest absolute Gasteiger partial charge is 0.327 e. The van der Waals surface area contributed by atoms with Crippen LogP contribution >= 0.6 is 11.6 Å². The number of H-pyrrole nitrogens is 1. The molecule has 5 rings (SSSR count). The number of ether oxygens (including phenoxy) is 1. The van der Waals surface area contributed by atoms with E-state index in [2.05, 4.69) is 19.9 Å². The number of rotatable bonds is 2. The van der Waals surface area contributed by atoms with E-state index in [1.807, 2.05) is 12.1 Å². The first-order chi connectivity index (χ1) is 12.7. The first-order valence-electron chi connectivity index (χ1n) is 8.39. The molecule has 1 saturated heterocycles. The molecule has 1 aromatic carbocycles. The maximum atomic E-state index is 12.5. The monoisotopic (exact) mass is 370 g/mol. The lowest BCUT2D eigenvalue weighted by molar-refractivity contribution is 0.0697. The lowest BCUT2D eigenvalue weighted by Gasteiger charge is -2.22. The highest BCUT2D eigenvalue weighted by Gasteiger charge is 2.22. The quantitative estimate of drug-likeness (QED) is 0.585. The van der Waals surface area contributed by atoms with E-state index in [4.69, 9.17) is 16.3 Å². The summed E-state index contributed by atoms with van der Waals surface area (Å²) in [7, 11) is 0. The van der Waals surface area contributed by atoms with Crippen molar-refractivity contribution in [1.82, 2.24) is 29.1 Å². The maximum Gasteiger partial charge on any atom is 0.327 e. The molecule has 0 unspecified atom stereocenters. The lowest BCUT2D eigenvalue weighted by Crippen LogP contribution is -2.27. The zero-order valence-electron chi connectivity index (χ0n) is 13.7. The van der Waals surface area contributed by atoms with Gasteiger partial charge in [0, 0.05) is 24.3 Å². The third-order valence-electron chi connectivity index (χ3n) is 4.73. The van der Waals surface area contributed by atoms with Crippen LogP contribution in [-0.4, -0.2) is 42.3 Å². The molecule has 0 radical (unpaired) electrons. The van der Waals surface area contributed by atoms with Crippen LogP contribution in [0.4, 0.5) is 0 Å². The highest BCUT2D eigenvalue weighted by molar-refractivity contribution is 6.31. The van der Waals surface area contributed by atoms with Gasteiger partial charge < -0.3 is 9.72 Å². The zero-order chi connectivity index (χ0) is 17.7. The van der Waals surface area contributed by atoms with Crippen molar-refractivity contribution in [2.24, 2.45) is 0 Å². The second kappa shape index (κ2) is 5.93. The van der Waals surface area contributed by atoms with Crippen molar-refractivity contribution >= 4 is 33.8 Å². The Morgan fingerprint density at radius 1 is 1.23 bits per heavy atom. The van der Waals surface area contributed by atoms with Crippen LogP contribution in [0.1, 0.15) is 18.9 Å². The molecule has 4 heterocycles. The van der Waals surface area contributed by atoms with Crippen LogP contribution < -0.4 is 5.69 Å². The minimum absolute atomic E-state index is 0.0710. The van der Waals surface area contributed by atoms with Gasteiger partial charge in [0.25, 0.3) is 0 Å². The largest absolute Gasteiger partial charge is 0.381 e. The van der Waals surface area contributed by atoms with Gasteiger partial charge in [-0.3, -0.25) is 9.13 Å². The molecule has 26 heavy (non-hydrogen) atoms. The Bertz CT molecular complexity index is 1170. The van der Waals surface area contributed by atoms with Crippen molar-refractivity contribution in [2.75, 3.05) is 13.2 Å². The van der Waals surface area contributed by atoms with Crippen LogP contribution in [0.2, 0.25) is 5.02 Å². The van der Waals surface area contributed by atoms with E-state index in [1.165, 1.54) is 0 Å². The summed E-state index contributed by atoms with van der Waals surface area (Å²) in [4.78, 5) is 28.7. The molecule has 0 bridgehead atoms. The fraction of sp³-hybridized carbons (Fsp3) is 0.294. The fourth-order valence-electron chi connectivity index (χ4n) is 3.45. The Balaban J connectivity index is 1.69. The van der Waals surface area contributed by atoms with Crippen molar-refractivity contribution in [2.45, 2.75) is 18.9 Å². The predicted octanol–water partition coefficient (Wildman–Crippen LogP) is 2.46. The van der Waals surface area contributed by atoms with Gasteiger partial charge >= 0.3 is 5.69 Å². The molecule has 9 heteroatoms. The summed E-state index contributed by atoms with van der Waals surface area (Å²) in [6.07, 6.45) is 4.86. The molecule has 0 spiro atoms. The number of nitrogens with one attached hydrogen (secondary N) is 1. The summed E-state index contributed by atoms with van der Waals surface area (Å²) in [6.45, 7) is 1.29. The van der Waals surface area contributed by atoms with E-state index in [0.29, 0.717) is 35.3 Å². The standard InChI is InChI=1S/C17H15ClN6O2/c18-10-1-2-12-14(7-10)23(9-20-12)16-19-8-13-15(22-16)24(17(25)21-13)11-3-5-26-6-4-11/h1-2,7-9,11H,3-6H2,(H,21,25). The fourth-order valence-corrected chi connectivity index (χ4v) is 3.61. The van der Waals surface area contributed by atoms with Gasteiger partial charge in [0.05, 0.1) is 17.2 Å². The van der Waals surface area contributed by atoms with E-state index in [0.717, 1.165) is 23.9 Å². The van der Waals surface area contributed by atoms with E-state index in [9.17, 15) is 4.79 Å². The number of hydrogen-bond acceptors (Lipinski definition) is 5. The first-order valence-corrected chi connectivity index (χ1v) is 8.76. The van der Waals surface area contributed by atoms with Gasteiger partial charge in [-0.25, -0.2) is 14.8 Å². The Hall–Kier alpha value is -2.71. The summed E-state index contributed by atoms with van der Waals surface area (Å²) in [5, 5.41) is 0.612. The normalized spacial score (nSPS) is 15.9. The maximum absolute atomic E-state index is 12.5. The van der Waals surface area contributed by atoms with Crippen LogP contribution in [0.15, 0.2) is 35.5 Å². The molecule has 3 aromatic heterocycles. The number of halogens is 1. The van der Waals surface area contributed by atoms with Gasteiger partial charge in [-0.1, -0.05) is 11.6 Å². The van der Waals surface area contributed by atoms with Crippen molar-refractivity contribution in [3.63, 3.8) is 0 Å². The number of benzene rings is 1. The van der Waals surface area contributed by atoms with E-state index in [-0.39, 0.29) is 11.7 Å². The van der Waals surface area contributed by atoms with Gasteiger partial charge in [-0.15, -0.1) is 0 Å². The Morgan fingerprint density at radius 2 is 2.08 bits per heavy atom.